The van der Waals surface area contributed by atoms with Gasteiger partial charge in [-0.15, -0.1) is 0 Å². The van der Waals surface area contributed by atoms with Gasteiger partial charge in [0.15, 0.2) is 0 Å². The summed E-state index contributed by atoms with van der Waals surface area (Å²) in [5.74, 6) is 3.86. The van der Waals surface area contributed by atoms with Gasteiger partial charge in [0.2, 0.25) is 0 Å². The number of rotatable bonds is 5. The standard InChI is InChI=1S/C31H56O2/c1-20(2)21(3)12-19-31(9,33)23-13-17-29(7)22(23)10-11-25-28(6)16-15-26(32)27(4,5)24(28)14-18-30(25,29)8/h20-26,32-33H,10-19H2,1-9H3. The zero-order valence-electron chi connectivity index (χ0n) is 23.5. The van der Waals surface area contributed by atoms with E-state index >= 15 is 0 Å². The van der Waals surface area contributed by atoms with Crippen LogP contribution in [0.1, 0.15) is 127 Å². The number of hydrogen-bond donors (Lipinski definition) is 2. The highest BCUT2D eigenvalue weighted by Gasteiger charge is 2.69. The predicted octanol–water partition coefficient (Wildman–Crippen LogP) is 7.86. The maximum absolute atomic E-state index is 11.8. The lowest BCUT2D eigenvalue weighted by Gasteiger charge is -2.70. The lowest BCUT2D eigenvalue weighted by molar-refractivity contribution is -0.225. The molecule has 10 unspecified atom stereocenters. The Labute approximate surface area is 205 Å². The van der Waals surface area contributed by atoms with E-state index < -0.39 is 5.60 Å². The minimum absolute atomic E-state index is 0.0288. The van der Waals surface area contributed by atoms with E-state index in [1.807, 2.05) is 0 Å². The Kier molecular flexibility index (Phi) is 6.48. The summed E-state index contributed by atoms with van der Waals surface area (Å²) in [5.41, 5.74) is 0.531. The van der Waals surface area contributed by atoms with Crippen molar-refractivity contribution < 1.29 is 10.2 Å². The van der Waals surface area contributed by atoms with E-state index in [1.54, 1.807) is 0 Å². The summed E-state index contributed by atoms with van der Waals surface area (Å²) in [4.78, 5) is 0. The van der Waals surface area contributed by atoms with Crippen molar-refractivity contribution in [3.63, 3.8) is 0 Å². The van der Waals surface area contributed by atoms with Crippen molar-refractivity contribution in [1.82, 2.24) is 0 Å². The fourth-order valence-corrected chi connectivity index (χ4v) is 10.5. The van der Waals surface area contributed by atoms with Gasteiger partial charge in [-0.1, -0.05) is 55.4 Å². The molecule has 10 atom stereocenters. The van der Waals surface area contributed by atoms with Crippen molar-refractivity contribution in [2.45, 2.75) is 138 Å². The lowest BCUT2D eigenvalue weighted by atomic mass is 9.35. The van der Waals surface area contributed by atoms with E-state index in [4.69, 9.17) is 0 Å². The molecule has 4 aliphatic rings. The van der Waals surface area contributed by atoms with Gasteiger partial charge >= 0.3 is 0 Å². The van der Waals surface area contributed by atoms with Gasteiger partial charge in [0.1, 0.15) is 0 Å². The van der Waals surface area contributed by atoms with Crippen molar-refractivity contribution in [3.05, 3.63) is 0 Å². The van der Waals surface area contributed by atoms with Gasteiger partial charge in [0.25, 0.3) is 0 Å². The Morgan fingerprint density at radius 2 is 1.45 bits per heavy atom. The summed E-state index contributed by atoms with van der Waals surface area (Å²) >= 11 is 0. The Morgan fingerprint density at radius 1 is 0.818 bits per heavy atom. The second kappa shape index (κ2) is 8.22. The molecule has 192 valence electrons. The molecule has 0 aliphatic heterocycles. The lowest BCUT2D eigenvalue weighted by Crippen LogP contribution is -2.64. The first-order chi connectivity index (χ1) is 15.1. The normalized spacial score (nSPS) is 49.6. The van der Waals surface area contributed by atoms with Crippen LogP contribution in [0.15, 0.2) is 0 Å². The van der Waals surface area contributed by atoms with Crippen LogP contribution >= 0.6 is 0 Å². The van der Waals surface area contributed by atoms with Crippen LogP contribution in [0, 0.1) is 57.2 Å². The molecule has 0 saturated heterocycles. The van der Waals surface area contributed by atoms with Crippen molar-refractivity contribution in [3.8, 4) is 0 Å². The fraction of sp³-hybridized carbons (Fsp3) is 1.00. The number of fused-ring (bicyclic) bond motifs is 5. The molecule has 2 nitrogen and oxygen atoms in total. The molecule has 0 aromatic carbocycles. The van der Waals surface area contributed by atoms with Crippen LogP contribution in [0.2, 0.25) is 0 Å². The third kappa shape index (κ3) is 3.70. The zero-order valence-corrected chi connectivity index (χ0v) is 23.5. The second-order valence-electron chi connectivity index (χ2n) is 15.3. The maximum Gasteiger partial charge on any atom is 0.0650 e. The molecule has 4 rings (SSSR count). The summed E-state index contributed by atoms with van der Waals surface area (Å²) in [5, 5.41) is 22.7. The molecule has 4 fully saturated rings. The SMILES string of the molecule is CC(C)C(C)CCC(C)(O)C1CCC2(C)C1CCC1C3(C)CCC(O)C(C)(C)C3CCC12C. The van der Waals surface area contributed by atoms with Crippen LogP contribution < -0.4 is 0 Å². The van der Waals surface area contributed by atoms with Crippen molar-refractivity contribution in [2.24, 2.45) is 57.2 Å². The molecule has 0 aromatic rings. The molecule has 0 heterocycles. The Balaban J connectivity index is 1.59. The minimum atomic E-state index is -0.535. The summed E-state index contributed by atoms with van der Waals surface area (Å²) in [6.45, 7) is 21.7. The number of aliphatic hydroxyl groups is 2. The van der Waals surface area contributed by atoms with Crippen LogP contribution in [-0.2, 0) is 0 Å². The number of aliphatic hydroxyl groups excluding tert-OH is 1. The molecular formula is C31H56O2. The van der Waals surface area contributed by atoms with Crippen molar-refractivity contribution in [2.75, 3.05) is 0 Å². The smallest absolute Gasteiger partial charge is 0.0650 e. The van der Waals surface area contributed by atoms with Gasteiger partial charge in [-0.05, 0) is 128 Å². The highest BCUT2D eigenvalue weighted by Crippen LogP contribution is 2.75. The molecule has 4 aliphatic carbocycles. The van der Waals surface area contributed by atoms with E-state index in [0.29, 0.717) is 45.8 Å². The first-order valence-electron chi connectivity index (χ1n) is 14.5. The Bertz CT molecular complexity index is 724. The highest BCUT2D eigenvalue weighted by atomic mass is 16.3. The van der Waals surface area contributed by atoms with Gasteiger partial charge in [0, 0.05) is 0 Å². The third-order valence-corrected chi connectivity index (χ3v) is 13.4. The quantitative estimate of drug-likeness (QED) is 0.438. The molecular weight excluding hydrogens is 404 g/mol. The van der Waals surface area contributed by atoms with Crippen LogP contribution in [-0.4, -0.2) is 21.9 Å². The summed E-state index contributed by atoms with van der Waals surface area (Å²) in [6.07, 6.45) is 11.8. The van der Waals surface area contributed by atoms with E-state index in [9.17, 15) is 10.2 Å². The second-order valence-corrected chi connectivity index (χ2v) is 15.3. The highest BCUT2D eigenvalue weighted by molar-refractivity contribution is 5.18. The summed E-state index contributed by atoms with van der Waals surface area (Å²) in [7, 11) is 0. The minimum Gasteiger partial charge on any atom is -0.393 e. The maximum atomic E-state index is 11.8. The third-order valence-electron chi connectivity index (χ3n) is 13.4. The first kappa shape index (κ1) is 26.0. The summed E-state index contributed by atoms with van der Waals surface area (Å²) < 4.78 is 0. The molecule has 0 bridgehead atoms. The average Bonchev–Trinajstić information content (AvgIpc) is 3.08. The van der Waals surface area contributed by atoms with E-state index in [1.165, 1.54) is 44.9 Å². The Morgan fingerprint density at radius 3 is 2.09 bits per heavy atom. The van der Waals surface area contributed by atoms with Gasteiger partial charge in [-0.3, -0.25) is 0 Å². The van der Waals surface area contributed by atoms with E-state index in [2.05, 4.69) is 62.3 Å². The van der Waals surface area contributed by atoms with Crippen LogP contribution in [0.4, 0.5) is 0 Å². The predicted molar refractivity (Wildman–Crippen MR) is 139 cm³/mol. The molecule has 0 amide bonds. The molecule has 33 heavy (non-hydrogen) atoms. The van der Waals surface area contributed by atoms with Gasteiger partial charge in [0.05, 0.1) is 11.7 Å². The Hall–Kier alpha value is -0.0800. The van der Waals surface area contributed by atoms with Gasteiger partial charge in [-0.2, -0.15) is 0 Å². The molecule has 4 saturated carbocycles. The molecule has 0 spiro atoms. The molecule has 0 radical (unpaired) electrons. The van der Waals surface area contributed by atoms with Gasteiger partial charge in [-0.25, -0.2) is 0 Å². The zero-order chi connectivity index (χ0) is 24.6. The van der Waals surface area contributed by atoms with E-state index in [0.717, 1.165) is 25.2 Å². The van der Waals surface area contributed by atoms with Crippen LogP contribution in [0.3, 0.4) is 0 Å². The molecule has 2 heteroatoms. The average molecular weight is 461 g/mol. The summed E-state index contributed by atoms with van der Waals surface area (Å²) in [6, 6.07) is 0. The van der Waals surface area contributed by atoms with Crippen LogP contribution in [0.25, 0.3) is 0 Å². The topological polar surface area (TPSA) is 40.5 Å². The molecule has 0 aromatic heterocycles. The number of hydrogen-bond acceptors (Lipinski definition) is 2. The van der Waals surface area contributed by atoms with Crippen molar-refractivity contribution in [1.29, 1.82) is 0 Å². The molecule has 2 N–H and O–H groups in total. The first-order valence-corrected chi connectivity index (χ1v) is 14.5. The van der Waals surface area contributed by atoms with Crippen LogP contribution in [0.5, 0.6) is 0 Å². The van der Waals surface area contributed by atoms with E-state index in [-0.39, 0.29) is 11.5 Å². The van der Waals surface area contributed by atoms with Gasteiger partial charge < -0.3 is 10.2 Å². The monoisotopic (exact) mass is 460 g/mol. The van der Waals surface area contributed by atoms with Crippen molar-refractivity contribution >= 4 is 0 Å². The fourth-order valence-electron chi connectivity index (χ4n) is 10.5. The largest absolute Gasteiger partial charge is 0.393 e.